The predicted molar refractivity (Wildman–Crippen MR) is 89.9 cm³/mol. The molecule has 0 atom stereocenters. The fourth-order valence-electron chi connectivity index (χ4n) is 2.30. The molecule has 0 radical (unpaired) electrons. The third-order valence-corrected chi connectivity index (χ3v) is 3.28. The monoisotopic (exact) mass is 401 g/mol. The predicted octanol–water partition coefficient (Wildman–Crippen LogP) is 2.26. The minimum atomic E-state index is -5.16. The molecule has 2 rings (SSSR count). The molecular weight excluding hydrogens is 383 g/mol. The van der Waals surface area contributed by atoms with Gasteiger partial charge in [0.2, 0.25) is 0 Å². The largest absolute Gasteiger partial charge is 0.471 e. The summed E-state index contributed by atoms with van der Waals surface area (Å²) in [6.07, 6.45) is -5.16. The number of halogens is 3. The first kappa shape index (κ1) is 21.2. The maximum atomic E-state index is 12.9. The van der Waals surface area contributed by atoms with Gasteiger partial charge in [-0.1, -0.05) is 23.4 Å². The molecule has 8 nitrogen and oxygen atoms in total. The Morgan fingerprint density at radius 2 is 1.93 bits per heavy atom. The zero-order valence-corrected chi connectivity index (χ0v) is 15.3. The van der Waals surface area contributed by atoms with Crippen LogP contribution in [0.5, 0.6) is 0 Å². The molecule has 1 aromatic heterocycles. The van der Waals surface area contributed by atoms with E-state index in [1.807, 2.05) is 0 Å². The zero-order chi connectivity index (χ0) is 21.1. The normalized spacial score (nSPS) is 11.9. The molecule has 1 aromatic carbocycles. The van der Waals surface area contributed by atoms with Crippen molar-refractivity contribution in [3.8, 4) is 11.4 Å². The third-order valence-electron chi connectivity index (χ3n) is 3.28. The number of H-pyrrole nitrogens is 1. The Labute approximate surface area is 157 Å². The average molecular weight is 401 g/mol. The van der Waals surface area contributed by atoms with Gasteiger partial charge in [-0.05, 0) is 32.4 Å². The van der Waals surface area contributed by atoms with E-state index in [1.54, 1.807) is 26.8 Å². The molecule has 0 spiro atoms. The number of rotatable bonds is 5. The molecule has 0 aliphatic rings. The second-order valence-corrected chi connectivity index (χ2v) is 6.89. The maximum Gasteiger partial charge on any atom is 0.471 e. The van der Waals surface area contributed by atoms with Gasteiger partial charge in [0.1, 0.15) is 12.1 Å². The van der Waals surface area contributed by atoms with E-state index < -0.39 is 42.5 Å². The number of aromatic amines is 1. The summed E-state index contributed by atoms with van der Waals surface area (Å²) in [7, 11) is 0. The number of nitrogens with one attached hydrogen (secondary N) is 1. The van der Waals surface area contributed by atoms with E-state index in [-0.39, 0.29) is 11.4 Å². The van der Waals surface area contributed by atoms with Crippen LogP contribution in [0.4, 0.5) is 13.2 Å². The minimum absolute atomic E-state index is 0.0766. The zero-order valence-electron chi connectivity index (χ0n) is 15.3. The van der Waals surface area contributed by atoms with Crippen molar-refractivity contribution in [3.63, 3.8) is 0 Å². The van der Waals surface area contributed by atoms with E-state index in [9.17, 15) is 27.6 Å². The highest BCUT2D eigenvalue weighted by atomic mass is 19.4. The standard InChI is InChI=1S/C17H18F3N3O5/c1-16(2,3)27-12(24)9-23(14(25)17(18,19)20)8-10-5-4-6-11(7-10)13-21-15(26)28-22-13/h4-7H,8-9H2,1-3H3,(H,21,22,26). The lowest BCUT2D eigenvalue weighted by Crippen LogP contribution is -2.44. The average Bonchev–Trinajstić information content (AvgIpc) is 2.98. The van der Waals surface area contributed by atoms with Gasteiger partial charge in [-0.25, -0.2) is 4.79 Å². The SMILES string of the molecule is CC(C)(C)OC(=O)CN(Cc1cccc(-c2noc(=O)[nH]2)c1)C(=O)C(F)(F)F. The van der Waals surface area contributed by atoms with Crippen LogP contribution in [0.3, 0.4) is 0 Å². The summed E-state index contributed by atoms with van der Waals surface area (Å²) < 4.78 is 48.2. The van der Waals surface area contributed by atoms with Crippen molar-refractivity contribution in [1.82, 2.24) is 15.0 Å². The van der Waals surface area contributed by atoms with Crippen molar-refractivity contribution < 1.29 is 32.0 Å². The lowest BCUT2D eigenvalue weighted by atomic mass is 10.1. The van der Waals surface area contributed by atoms with E-state index in [0.717, 1.165) is 0 Å². The Morgan fingerprint density at radius 3 is 2.46 bits per heavy atom. The number of aromatic nitrogens is 2. The highest BCUT2D eigenvalue weighted by Gasteiger charge is 2.43. The van der Waals surface area contributed by atoms with Gasteiger partial charge in [0.25, 0.3) is 0 Å². The smallest absolute Gasteiger partial charge is 0.459 e. The topological polar surface area (TPSA) is 106 Å². The highest BCUT2D eigenvalue weighted by molar-refractivity contribution is 5.86. The van der Waals surface area contributed by atoms with Gasteiger partial charge >= 0.3 is 23.8 Å². The first-order valence-corrected chi connectivity index (χ1v) is 8.08. The number of alkyl halides is 3. The number of hydrogen-bond donors (Lipinski definition) is 1. The van der Waals surface area contributed by atoms with E-state index in [4.69, 9.17) is 4.74 Å². The molecule has 1 amide bonds. The number of ether oxygens (including phenoxy) is 1. The van der Waals surface area contributed by atoms with Crippen LogP contribution in [-0.4, -0.2) is 45.2 Å². The molecular formula is C17H18F3N3O5. The van der Waals surface area contributed by atoms with Crippen LogP contribution < -0.4 is 5.76 Å². The van der Waals surface area contributed by atoms with Crippen molar-refractivity contribution in [2.24, 2.45) is 0 Å². The highest BCUT2D eigenvalue weighted by Crippen LogP contribution is 2.22. The fourth-order valence-corrected chi connectivity index (χ4v) is 2.30. The molecule has 2 aromatic rings. The molecule has 0 fully saturated rings. The van der Waals surface area contributed by atoms with Crippen LogP contribution >= 0.6 is 0 Å². The van der Waals surface area contributed by atoms with Gasteiger partial charge in [0, 0.05) is 12.1 Å². The Balaban J connectivity index is 2.25. The van der Waals surface area contributed by atoms with E-state index in [0.29, 0.717) is 10.5 Å². The molecule has 1 heterocycles. The van der Waals surface area contributed by atoms with Crippen molar-refractivity contribution >= 4 is 11.9 Å². The number of carbonyl (C=O) groups excluding carboxylic acids is 2. The van der Waals surface area contributed by atoms with Gasteiger partial charge < -0.3 is 9.64 Å². The Hall–Kier alpha value is -3.11. The molecule has 1 N–H and O–H groups in total. The minimum Gasteiger partial charge on any atom is -0.459 e. The number of amides is 1. The summed E-state index contributed by atoms with van der Waals surface area (Å²) >= 11 is 0. The second kappa shape index (κ2) is 7.87. The molecule has 11 heteroatoms. The summed E-state index contributed by atoms with van der Waals surface area (Å²) in [5.74, 6) is -3.85. The quantitative estimate of drug-likeness (QED) is 0.771. The Kier molecular flexibility index (Phi) is 5.95. The molecule has 0 saturated heterocycles. The van der Waals surface area contributed by atoms with Crippen molar-refractivity contribution in [1.29, 1.82) is 0 Å². The van der Waals surface area contributed by atoms with E-state index in [1.165, 1.54) is 18.2 Å². The number of esters is 1. The van der Waals surface area contributed by atoms with Gasteiger partial charge in [-0.2, -0.15) is 13.2 Å². The first-order valence-electron chi connectivity index (χ1n) is 8.08. The molecule has 0 bridgehead atoms. The summed E-state index contributed by atoms with van der Waals surface area (Å²) in [5, 5.41) is 3.49. The lowest BCUT2D eigenvalue weighted by molar-refractivity contribution is -0.188. The second-order valence-electron chi connectivity index (χ2n) is 6.89. The van der Waals surface area contributed by atoms with Crippen LogP contribution in [0.15, 0.2) is 33.6 Å². The Morgan fingerprint density at radius 1 is 1.25 bits per heavy atom. The molecule has 0 aliphatic carbocycles. The van der Waals surface area contributed by atoms with Gasteiger partial charge in [0.05, 0.1) is 0 Å². The molecule has 152 valence electrons. The lowest BCUT2D eigenvalue weighted by Gasteiger charge is -2.26. The van der Waals surface area contributed by atoms with Crippen LogP contribution in [0.2, 0.25) is 0 Å². The number of nitrogens with zero attached hydrogens (tertiary/aromatic N) is 2. The van der Waals surface area contributed by atoms with E-state index in [2.05, 4.69) is 14.7 Å². The maximum absolute atomic E-state index is 12.9. The van der Waals surface area contributed by atoms with Gasteiger partial charge in [0.15, 0.2) is 5.82 Å². The molecule has 0 aliphatic heterocycles. The van der Waals surface area contributed by atoms with Crippen LogP contribution in [0.25, 0.3) is 11.4 Å². The summed E-state index contributed by atoms with van der Waals surface area (Å²) in [6.45, 7) is 3.29. The summed E-state index contributed by atoms with van der Waals surface area (Å²) in [6, 6.07) is 5.93. The summed E-state index contributed by atoms with van der Waals surface area (Å²) in [5.41, 5.74) is -0.273. The van der Waals surface area contributed by atoms with Crippen LogP contribution in [0.1, 0.15) is 26.3 Å². The Bertz CT molecular complexity index is 911. The van der Waals surface area contributed by atoms with Crippen molar-refractivity contribution in [2.45, 2.75) is 39.1 Å². The van der Waals surface area contributed by atoms with Gasteiger partial charge in [-0.15, -0.1) is 0 Å². The van der Waals surface area contributed by atoms with Crippen molar-refractivity contribution in [2.75, 3.05) is 6.54 Å². The van der Waals surface area contributed by atoms with Crippen LogP contribution in [-0.2, 0) is 20.9 Å². The van der Waals surface area contributed by atoms with Crippen LogP contribution in [0, 0.1) is 0 Å². The third kappa shape index (κ3) is 5.96. The molecule has 0 saturated carbocycles. The molecule has 0 unspecified atom stereocenters. The number of carbonyl (C=O) groups is 2. The van der Waals surface area contributed by atoms with E-state index >= 15 is 0 Å². The fraction of sp³-hybridized carbons (Fsp3) is 0.412. The van der Waals surface area contributed by atoms with Gasteiger partial charge in [-0.3, -0.25) is 19.1 Å². The number of hydrogen-bond acceptors (Lipinski definition) is 6. The number of benzene rings is 1. The first-order chi connectivity index (χ1) is 12.8. The molecule has 28 heavy (non-hydrogen) atoms. The van der Waals surface area contributed by atoms with Crippen molar-refractivity contribution in [3.05, 3.63) is 40.4 Å². The summed E-state index contributed by atoms with van der Waals surface area (Å²) in [4.78, 5) is 37.4.